The topological polar surface area (TPSA) is 58.6 Å². The van der Waals surface area contributed by atoms with Gasteiger partial charge in [-0.3, -0.25) is 4.79 Å². The molecule has 1 aromatic rings. The van der Waals surface area contributed by atoms with Crippen LogP contribution >= 0.6 is 0 Å². The molecule has 1 aliphatic rings. The summed E-state index contributed by atoms with van der Waals surface area (Å²) in [6.07, 6.45) is 1.61. The first kappa shape index (κ1) is 17.3. The number of ether oxygens (including phenoxy) is 1. The summed E-state index contributed by atoms with van der Waals surface area (Å²) < 4.78 is 4.51. The molecule has 126 valence electrons. The Labute approximate surface area is 138 Å². The molecule has 3 atom stereocenters. The molecule has 2 rings (SSSR count). The normalized spacial score (nSPS) is 23.6. The summed E-state index contributed by atoms with van der Waals surface area (Å²) in [5.74, 6) is 0.554. The minimum atomic E-state index is -0.454. The van der Waals surface area contributed by atoms with Crippen LogP contribution in [-0.4, -0.2) is 42.6 Å². The van der Waals surface area contributed by atoms with E-state index in [0.29, 0.717) is 25.3 Å². The summed E-state index contributed by atoms with van der Waals surface area (Å²) in [5.41, 5.74) is 1.30. The van der Waals surface area contributed by atoms with Gasteiger partial charge < -0.3 is 15.0 Å². The highest BCUT2D eigenvalue weighted by molar-refractivity contribution is 5.77. The van der Waals surface area contributed by atoms with E-state index in [4.69, 9.17) is 0 Å². The first-order chi connectivity index (χ1) is 11.0. The standard InChI is InChI=1S/C18H26N2O3/c1-13-12-16(15-8-5-4-6-9-15)14(2)20(13)17(21)10-7-11-19-18(22)23-3/h4-6,8-9,13-14,16H,7,10-12H2,1-3H3,(H,19,22)/t13-,14+,16+/m1/s1. The lowest BCUT2D eigenvalue weighted by Crippen LogP contribution is -2.39. The number of rotatable bonds is 5. The van der Waals surface area contributed by atoms with Crippen molar-refractivity contribution in [3.8, 4) is 0 Å². The van der Waals surface area contributed by atoms with Gasteiger partial charge in [0.25, 0.3) is 0 Å². The number of amides is 2. The molecule has 1 saturated heterocycles. The van der Waals surface area contributed by atoms with Crippen LogP contribution in [0.4, 0.5) is 4.79 Å². The number of carbonyl (C=O) groups is 2. The summed E-state index contributed by atoms with van der Waals surface area (Å²) in [5, 5.41) is 2.60. The number of methoxy groups -OCH3 is 1. The molecular formula is C18H26N2O3. The molecule has 0 unspecified atom stereocenters. The molecule has 5 nitrogen and oxygen atoms in total. The number of hydrogen-bond acceptors (Lipinski definition) is 3. The molecule has 2 amide bonds. The Hall–Kier alpha value is -2.04. The van der Waals surface area contributed by atoms with E-state index in [1.165, 1.54) is 12.7 Å². The van der Waals surface area contributed by atoms with Gasteiger partial charge in [-0.25, -0.2) is 4.79 Å². The number of nitrogens with one attached hydrogen (secondary N) is 1. The summed E-state index contributed by atoms with van der Waals surface area (Å²) in [6, 6.07) is 10.9. The molecular weight excluding hydrogens is 292 g/mol. The third-order valence-electron chi connectivity index (χ3n) is 4.63. The highest BCUT2D eigenvalue weighted by atomic mass is 16.5. The number of alkyl carbamates (subject to hydrolysis) is 1. The van der Waals surface area contributed by atoms with Gasteiger partial charge in [0.1, 0.15) is 0 Å². The van der Waals surface area contributed by atoms with Gasteiger partial charge in [0.2, 0.25) is 5.91 Å². The van der Waals surface area contributed by atoms with E-state index in [9.17, 15) is 9.59 Å². The van der Waals surface area contributed by atoms with Crippen LogP contribution in [0.5, 0.6) is 0 Å². The number of benzene rings is 1. The van der Waals surface area contributed by atoms with Crippen molar-refractivity contribution in [2.75, 3.05) is 13.7 Å². The molecule has 1 aliphatic heterocycles. The lowest BCUT2D eigenvalue weighted by atomic mass is 9.92. The first-order valence-electron chi connectivity index (χ1n) is 8.22. The maximum absolute atomic E-state index is 12.5. The van der Waals surface area contributed by atoms with Crippen LogP contribution in [0.1, 0.15) is 44.6 Å². The molecule has 1 fully saturated rings. The minimum Gasteiger partial charge on any atom is -0.453 e. The first-order valence-corrected chi connectivity index (χ1v) is 8.22. The van der Waals surface area contributed by atoms with E-state index in [0.717, 1.165) is 6.42 Å². The van der Waals surface area contributed by atoms with E-state index < -0.39 is 6.09 Å². The Kier molecular flexibility index (Phi) is 6.02. The van der Waals surface area contributed by atoms with Crippen molar-refractivity contribution in [3.05, 3.63) is 35.9 Å². The number of carbonyl (C=O) groups excluding carboxylic acids is 2. The predicted octanol–water partition coefficient (Wildman–Crippen LogP) is 2.92. The van der Waals surface area contributed by atoms with Crippen molar-refractivity contribution >= 4 is 12.0 Å². The summed E-state index contributed by atoms with van der Waals surface area (Å²) in [6.45, 7) is 4.70. The number of likely N-dealkylation sites (tertiary alicyclic amines) is 1. The molecule has 23 heavy (non-hydrogen) atoms. The SMILES string of the molecule is COC(=O)NCCCC(=O)N1[C@H](C)C[C@H](c2ccccc2)[C@@H]1C. The van der Waals surface area contributed by atoms with Gasteiger partial charge >= 0.3 is 6.09 Å². The number of hydrogen-bond donors (Lipinski definition) is 1. The van der Waals surface area contributed by atoms with Crippen LogP contribution < -0.4 is 5.32 Å². The third-order valence-corrected chi connectivity index (χ3v) is 4.63. The Morgan fingerprint density at radius 2 is 1.96 bits per heavy atom. The summed E-state index contributed by atoms with van der Waals surface area (Å²) in [7, 11) is 1.33. The second-order valence-corrected chi connectivity index (χ2v) is 6.17. The Morgan fingerprint density at radius 3 is 2.61 bits per heavy atom. The molecule has 0 aliphatic carbocycles. The quantitative estimate of drug-likeness (QED) is 0.849. The highest BCUT2D eigenvalue weighted by Crippen LogP contribution is 2.37. The van der Waals surface area contributed by atoms with Crippen molar-refractivity contribution in [1.82, 2.24) is 10.2 Å². The van der Waals surface area contributed by atoms with Gasteiger partial charge in [0.05, 0.1) is 7.11 Å². The zero-order valence-electron chi connectivity index (χ0n) is 14.1. The van der Waals surface area contributed by atoms with Crippen molar-refractivity contribution in [3.63, 3.8) is 0 Å². The molecule has 0 aromatic heterocycles. The maximum atomic E-state index is 12.5. The third kappa shape index (κ3) is 4.24. The predicted molar refractivity (Wildman–Crippen MR) is 89.2 cm³/mol. The average Bonchev–Trinajstić information content (AvgIpc) is 2.86. The zero-order chi connectivity index (χ0) is 16.8. The van der Waals surface area contributed by atoms with Crippen LogP contribution in [0.15, 0.2) is 30.3 Å². The van der Waals surface area contributed by atoms with E-state index in [1.807, 2.05) is 11.0 Å². The Bertz CT molecular complexity index is 532. The minimum absolute atomic E-state index is 0.162. The maximum Gasteiger partial charge on any atom is 0.406 e. The van der Waals surface area contributed by atoms with E-state index >= 15 is 0 Å². The highest BCUT2D eigenvalue weighted by Gasteiger charge is 2.39. The molecule has 5 heteroatoms. The molecule has 0 radical (unpaired) electrons. The zero-order valence-corrected chi connectivity index (χ0v) is 14.1. The lowest BCUT2D eigenvalue weighted by molar-refractivity contribution is -0.133. The molecule has 1 aromatic carbocycles. The second-order valence-electron chi connectivity index (χ2n) is 6.17. The largest absolute Gasteiger partial charge is 0.453 e. The number of nitrogens with zero attached hydrogens (tertiary/aromatic N) is 1. The molecule has 1 N–H and O–H groups in total. The van der Waals surface area contributed by atoms with Crippen LogP contribution in [0.3, 0.4) is 0 Å². The van der Waals surface area contributed by atoms with Crippen LogP contribution in [0, 0.1) is 0 Å². The van der Waals surface area contributed by atoms with Crippen molar-refractivity contribution < 1.29 is 14.3 Å². The van der Waals surface area contributed by atoms with Gasteiger partial charge in [-0.2, -0.15) is 0 Å². The van der Waals surface area contributed by atoms with Crippen molar-refractivity contribution in [2.45, 2.75) is 51.1 Å². The average molecular weight is 318 g/mol. The van der Waals surface area contributed by atoms with Crippen molar-refractivity contribution in [2.24, 2.45) is 0 Å². The van der Waals surface area contributed by atoms with E-state index in [2.05, 4.69) is 48.2 Å². The fraction of sp³-hybridized carbons (Fsp3) is 0.556. The summed E-state index contributed by atoms with van der Waals surface area (Å²) >= 11 is 0. The Morgan fingerprint density at radius 1 is 1.26 bits per heavy atom. The van der Waals surface area contributed by atoms with Gasteiger partial charge in [-0.1, -0.05) is 30.3 Å². The summed E-state index contributed by atoms with van der Waals surface area (Å²) in [4.78, 5) is 25.5. The van der Waals surface area contributed by atoms with Gasteiger partial charge in [0.15, 0.2) is 0 Å². The second kappa shape index (κ2) is 7.99. The van der Waals surface area contributed by atoms with Gasteiger partial charge in [-0.05, 0) is 32.3 Å². The van der Waals surface area contributed by atoms with Crippen LogP contribution in [0.2, 0.25) is 0 Å². The Balaban J connectivity index is 1.89. The molecule has 0 bridgehead atoms. The van der Waals surface area contributed by atoms with Crippen molar-refractivity contribution in [1.29, 1.82) is 0 Å². The fourth-order valence-electron chi connectivity index (χ4n) is 3.49. The van der Waals surface area contributed by atoms with E-state index in [-0.39, 0.29) is 18.0 Å². The van der Waals surface area contributed by atoms with Crippen LogP contribution in [-0.2, 0) is 9.53 Å². The molecule has 0 saturated carbocycles. The lowest BCUT2D eigenvalue weighted by Gasteiger charge is -2.28. The van der Waals surface area contributed by atoms with E-state index in [1.54, 1.807) is 0 Å². The van der Waals surface area contributed by atoms with Gasteiger partial charge in [0, 0.05) is 31.0 Å². The molecule has 1 heterocycles. The fourth-order valence-corrected chi connectivity index (χ4v) is 3.49. The smallest absolute Gasteiger partial charge is 0.406 e. The monoisotopic (exact) mass is 318 g/mol. The molecule has 0 spiro atoms. The van der Waals surface area contributed by atoms with Gasteiger partial charge in [-0.15, -0.1) is 0 Å². The van der Waals surface area contributed by atoms with Crippen LogP contribution in [0.25, 0.3) is 0 Å².